The average Bonchev–Trinajstić information content (AvgIpc) is 2.61. The van der Waals surface area contributed by atoms with Crippen molar-refractivity contribution in [1.29, 1.82) is 0 Å². The molecule has 154 valence electrons. The molecular formula is C18H22FNO8. The Hall–Kier alpha value is -2.75. The largest absolute Gasteiger partial charge is 0.463 e. The molecule has 0 amide bonds. The summed E-state index contributed by atoms with van der Waals surface area (Å²) in [5.41, 5.74) is -0.430. The van der Waals surface area contributed by atoms with E-state index in [9.17, 15) is 24.1 Å². The number of nitrogens with zero attached hydrogens (tertiary/aromatic N) is 1. The lowest BCUT2D eigenvalue weighted by Gasteiger charge is -2.43. The van der Waals surface area contributed by atoms with Gasteiger partial charge in [0.1, 0.15) is 6.61 Å². The number of carbonyl (C=O) groups is 2. The van der Waals surface area contributed by atoms with Gasteiger partial charge in [-0.3, -0.25) is 19.7 Å². The van der Waals surface area contributed by atoms with Crippen molar-refractivity contribution in [2.75, 3.05) is 6.61 Å². The first-order valence-electron chi connectivity index (χ1n) is 8.66. The molecule has 0 spiro atoms. The summed E-state index contributed by atoms with van der Waals surface area (Å²) in [5, 5.41) is 10.8. The summed E-state index contributed by atoms with van der Waals surface area (Å²) >= 11 is 0. The van der Waals surface area contributed by atoms with Crippen LogP contribution in [0.15, 0.2) is 18.2 Å². The third kappa shape index (κ3) is 5.16. The quantitative estimate of drug-likeness (QED) is 0.407. The fraction of sp³-hybridized carbons (Fsp3) is 0.556. The maximum absolute atomic E-state index is 14.2. The number of nitro groups is 1. The zero-order valence-corrected chi connectivity index (χ0v) is 15.9. The minimum absolute atomic E-state index is 0.0454. The van der Waals surface area contributed by atoms with Crippen molar-refractivity contribution in [2.24, 2.45) is 11.8 Å². The van der Waals surface area contributed by atoms with Gasteiger partial charge in [-0.15, -0.1) is 0 Å². The number of hydrogen-bond acceptors (Lipinski definition) is 8. The third-order valence-electron chi connectivity index (χ3n) is 4.63. The van der Waals surface area contributed by atoms with Crippen molar-refractivity contribution < 1.29 is 37.9 Å². The van der Waals surface area contributed by atoms with Crippen LogP contribution in [0.2, 0.25) is 0 Å². The van der Waals surface area contributed by atoms with E-state index in [4.69, 9.17) is 18.9 Å². The Morgan fingerprint density at radius 2 is 1.89 bits per heavy atom. The lowest BCUT2D eigenvalue weighted by atomic mass is 9.83. The number of rotatable bonds is 6. The highest BCUT2D eigenvalue weighted by Crippen LogP contribution is 2.35. The summed E-state index contributed by atoms with van der Waals surface area (Å²) < 4.78 is 35.9. The molecule has 28 heavy (non-hydrogen) atoms. The molecule has 5 atom stereocenters. The zero-order chi connectivity index (χ0) is 21.0. The smallest absolute Gasteiger partial charge is 0.303 e. The predicted octanol–water partition coefficient (Wildman–Crippen LogP) is 2.60. The molecule has 10 heteroatoms. The molecule has 1 fully saturated rings. The van der Waals surface area contributed by atoms with E-state index in [0.717, 1.165) is 18.2 Å². The van der Waals surface area contributed by atoms with Gasteiger partial charge in [-0.2, -0.15) is 0 Å². The molecule has 0 N–H and O–H groups in total. The van der Waals surface area contributed by atoms with Gasteiger partial charge in [0, 0.05) is 25.8 Å². The second-order valence-corrected chi connectivity index (χ2v) is 6.63. The van der Waals surface area contributed by atoms with Crippen LogP contribution in [0.25, 0.3) is 0 Å². The minimum Gasteiger partial charge on any atom is -0.463 e. The van der Waals surface area contributed by atoms with Gasteiger partial charge in [0.15, 0.2) is 17.7 Å². The van der Waals surface area contributed by atoms with Crippen LogP contribution in [0.4, 0.5) is 10.1 Å². The van der Waals surface area contributed by atoms with E-state index in [1.165, 1.54) is 13.8 Å². The number of nitro benzene ring substituents is 1. The molecule has 2 unspecified atom stereocenters. The van der Waals surface area contributed by atoms with Gasteiger partial charge in [0.25, 0.3) is 5.69 Å². The van der Waals surface area contributed by atoms with Crippen molar-refractivity contribution in [3.8, 4) is 5.75 Å². The minimum atomic E-state index is -1.19. The summed E-state index contributed by atoms with van der Waals surface area (Å²) in [6, 6.07) is 2.91. The van der Waals surface area contributed by atoms with Crippen molar-refractivity contribution in [3.05, 3.63) is 34.1 Å². The Balaban J connectivity index is 2.26. The van der Waals surface area contributed by atoms with Gasteiger partial charge in [0.05, 0.1) is 17.1 Å². The number of hydrogen-bond donors (Lipinski definition) is 0. The second-order valence-electron chi connectivity index (χ2n) is 6.63. The van der Waals surface area contributed by atoms with Gasteiger partial charge in [-0.05, 0) is 12.0 Å². The number of non-ortho nitro benzene ring substituents is 1. The molecule has 0 bridgehead atoms. The Morgan fingerprint density at radius 3 is 2.43 bits per heavy atom. The Morgan fingerprint density at radius 1 is 1.21 bits per heavy atom. The topological polar surface area (TPSA) is 114 Å². The van der Waals surface area contributed by atoms with Crippen molar-refractivity contribution in [3.63, 3.8) is 0 Å². The first-order valence-corrected chi connectivity index (χ1v) is 8.66. The molecule has 1 heterocycles. The Kier molecular flexibility index (Phi) is 6.90. The Bertz CT molecular complexity index is 753. The highest BCUT2D eigenvalue weighted by molar-refractivity contribution is 5.66. The van der Waals surface area contributed by atoms with Crippen LogP contribution in [0.5, 0.6) is 5.75 Å². The van der Waals surface area contributed by atoms with E-state index in [-0.39, 0.29) is 24.2 Å². The highest BCUT2D eigenvalue weighted by Gasteiger charge is 2.45. The fourth-order valence-corrected chi connectivity index (χ4v) is 2.92. The molecule has 0 aromatic heterocycles. The predicted molar refractivity (Wildman–Crippen MR) is 92.9 cm³/mol. The first-order chi connectivity index (χ1) is 13.1. The number of esters is 2. The summed E-state index contributed by atoms with van der Waals surface area (Å²) in [6.07, 6.45) is -2.61. The molecule has 0 radical (unpaired) electrons. The van der Waals surface area contributed by atoms with E-state index in [2.05, 4.69) is 0 Å². The van der Waals surface area contributed by atoms with Crippen molar-refractivity contribution >= 4 is 17.6 Å². The van der Waals surface area contributed by atoms with Crippen LogP contribution in [0.3, 0.4) is 0 Å². The van der Waals surface area contributed by atoms with Crippen LogP contribution < -0.4 is 4.74 Å². The van der Waals surface area contributed by atoms with Gasteiger partial charge >= 0.3 is 11.9 Å². The monoisotopic (exact) mass is 399 g/mol. The zero-order valence-electron chi connectivity index (χ0n) is 15.9. The van der Waals surface area contributed by atoms with Crippen LogP contribution in [-0.2, 0) is 23.8 Å². The lowest BCUT2D eigenvalue weighted by molar-refractivity contribution is -0.385. The fourth-order valence-electron chi connectivity index (χ4n) is 2.92. The summed E-state index contributed by atoms with van der Waals surface area (Å²) in [4.78, 5) is 32.6. The first kappa shape index (κ1) is 21.5. The summed E-state index contributed by atoms with van der Waals surface area (Å²) in [5.74, 6) is -2.72. The van der Waals surface area contributed by atoms with Crippen LogP contribution in [-0.4, -0.2) is 42.0 Å². The van der Waals surface area contributed by atoms with E-state index in [1.54, 1.807) is 0 Å². The summed E-state index contributed by atoms with van der Waals surface area (Å²) in [6.45, 7) is 6.10. The normalized spacial score (nSPS) is 27.0. The molecule has 1 aliphatic rings. The molecular weight excluding hydrogens is 377 g/mol. The number of ether oxygens (including phenoxy) is 4. The second kappa shape index (κ2) is 8.96. The van der Waals surface area contributed by atoms with Crippen LogP contribution in [0, 0.1) is 27.8 Å². The van der Waals surface area contributed by atoms with E-state index < -0.39 is 46.9 Å². The van der Waals surface area contributed by atoms with Crippen molar-refractivity contribution in [2.45, 2.75) is 46.2 Å². The SMILES string of the molecule is CC(=O)OCC1O[C@@H](Oc2ccc([N+](=O)[O-])cc2F)C(OC(C)=O)[C@@H](C)[C@@H]1C. The molecule has 0 saturated carbocycles. The molecule has 1 aliphatic heterocycles. The summed E-state index contributed by atoms with van der Waals surface area (Å²) in [7, 11) is 0. The average molecular weight is 399 g/mol. The molecule has 1 aromatic carbocycles. The van der Waals surface area contributed by atoms with Crippen LogP contribution >= 0.6 is 0 Å². The molecule has 1 aromatic rings. The van der Waals surface area contributed by atoms with Gasteiger partial charge in [0.2, 0.25) is 6.29 Å². The molecule has 2 rings (SSSR count). The van der Waals surface area contributed by atoms with E-state index >= 15 is 0 Å². The third-order valence-corrected chi connectivity index (χ3v) is 4.63. The lowest BCUT2D eigenvalue weighted by Crippen LogP contribution is -2.54. The molecule has 0 aliphatic carbocycles. The van der Waals surface area contributed by atoms with E-state index in [0.29, 0.717) is 0 Å². The van der Waals surface area contributed by atoms with Crippen LogP contribution in [0.1, 0.15) is 27.7 Å². The van der Waals surface area contributed by atoms with Gasteiger partial charge < -0.3 is 18.9 Å². The van der Waals surface area contributed by atoms with Gasteiger partial charge in [-0.25, -0.2) is 4.39 Å². The standard InChI is InChI=1S/C18H22FNO8/c1-9-10(2)17(26-12(4)22)18(28-16(9)8-25-11(3)21)27-15-6-5-13(20(23)24)7-14(15)19/h5-7,9-10,16-18H,8H2,1-4H3/t9-,10-,16?,17?,18+/m0/s1. The number of halogens is 1. The molecule has 1 saturated heterocycles. The number of carbonyl (C=O) groups excluding carboxylic acids is 2. The highest BCUT2D eigenvalue weighted by atomic mass is 19.1. The van der Waals surface area contributed by atoms with E-state index in [1.807, 2.05) is 13.8 Å². The maximum Gasteiger partial charge on any atom is 0.303 e. The van der Waals surface area contributed by atoms with Gasteiger partial charge in [-0.1, -0.05) is 13.8 Å². The molecule has 9 nitrogen and oxygen atoms in total. The maximum atomic E-state index is 14.2. The number of benzene rings is 1. The Labute approximate surface area is 160 Å². The van der Waals surface area contributed by atoms with Crippen molar-refractivity contribution in [1.82, 2.24) is 0 Å².